The van der Waals surface area contributed by atoms with Crippen molar-refractivity contribution in [2.24, 2.45) is 5.73 Å². The fraction of sp³-hybridized carbons (Fsp3) is 0.400. The summed E-state index contributed by atoms with van der Waals surface area (Å²) in [6.07, 6.45) is 4.62. The van der Waals surface area contributed by atoms with Crippen molar-refractivity contribution in [3.8, 4) is 0 Å². The molecule has 1 aliphatic carbocycles. The molecule has 1 fully saturated rings. The molecule has 0 aliphatic heterocycles. The maximum absolute atomic E-state index is 6.10. The van der Waals surface area contributed by atoms with Crippen LogP contribution in [0.2, 0.25) is 5.02 Å². The van der Waals surface area contributed by atoms with Crippen LogP contribution < -0.4 is 5.73 Å². The molecule has 128 valence electrons. The first-order valence-electron chi connectivity index (χ1n) is 8.58. The zero-order valence-corrected chi connectivity index (χ0v) is 16.1. The highest BCUT2D eigenvalue weighted by Gasteiger charge is 2.24. The Hall–Kier alpha value is -0.870. The summed E-state index contributed by atoms with van der Waals surface area (Å²) >= 11 is 9.61. The molecule has 1 saturated carbocycles. The Morgan fingerprint density at radius 2 is 1.62 bits per heavy atom. The van der Waals surface area contributed by atoms with Crippen LogP contribution in [0.25, 0.3) is 0 Å². The van der Waals surface area contributed by atoms with Crippen LogP contribution in [0.3, 0.4) is 0 Å². The fourth-order valence-electron chi connectivity index (χ4n) is 3.48. The van der Waals surface area contributed by atoms with E-state index in [1.807, 2.05) is 12.1 Å². The van der Waals surface area contributed by atoms with E-state index < -0.39 is 0 Å². The first-order valence-corrected chi connectivity index (χ1v) is 9.76. The summed E-state index contributed by atoms with van der Waals surface area (Å²) in [7, 11) is 0. The molecule has 0 bridgehead atoms. The van der Waals surface area contributed by atoms with E-state index >= 15 is 0 Å². The van der Waals surface area contributed by atoms with Gasteiger partial charge in [-0.1, -0.05) is 51.8 Å². The highest BCUT2D eigenvalue weighted by atomic mass is 79.9. The lowest BCUT2D eigenvalue weighted by atomic mass is 9.90. The standard InChI is InChI=1S/C20H24BrClN2/c21-17-3-1-2-16(12-17)14-24(20-10-8-19(23)9-11-20)13-15-4-6-18(22)7-5-15/h1-7,12,19-20H,8-11,13-14,23H2. The molecule has 1 aliphatic rings. The zero-order valence-electron chi connectivity index (χ0n) is 13.8. The number of halogens is 2. The van der Waals surface area contributed by atoms with E-state index in [1.54, 1.807) is 0 Å². The predicted molar refractivity (Wildman–Crippen MR) is 105 cm³/mol. The van der Waals surface area contributed by atoms with Gasteiger partial charge in [0.15, 0.2) is 0 Å². The van der Waals surface area contributed by atoms with Crippen molar-refractivity contribution < 1.29 is 0 Å². The van der Waals surface area contributed by atoms with Gasteiger partial charge in [0.25, 0.3) is 0 Å². The molecule has 0 aromatic heterocycles. The summed E-state index contributed by atoms with van der Waals surface area (Å²) in [5.74, 6) is 0. The largest absolute Gasteiger partial charge is 0.328 e. The average Bonchev–Trinajstić information content (AvgIpc) is 2.57. The molecule has 0 unspecified atom stereocenters. The lowest BCUT2D eigenvalue weighted by molar-refractivity contribution is 0.134. The fourth-order valence-corrected chi connectivity index (χ4v) is 4.05. The maximum Gasteiger partial charge on any atom is 0.0406 e. The Bertz CT molecular complexity index is 651. The van der Waals surface area contributed by atoms with Crippen LogP contribution in [0.15, 0.2) is 53.0 Å². The van der Waals surface area contributed by atoms with E-state index in [1.165, 1.54) is 24.0 Å². The number of rotatable bonds is 5. The number of hydrogen-bond acceptors (Lipinski definition) is 2. The van der Waals surface area contributed by atoms with Gasteiger partial charge in [0.2, 0.25) is 0 Å². The molecular weight excluding hydrogens is 384 g/mol. The minimum Gasteiger partial charge on any atom is -0.328 e. The third-order valence-electron chi connectivity index (χ3n) is 4.83. The van der Waals surface area contributed by atoms with Gasteiger partial charge >= 0.3 is 0 Å². The minimum absolute atomic E-state index is 0.379. The molecule has 0 amide bonds. The quantitative estimate of drug-likeness (QED) is 0.721. The van der Waals surface area contributed by atoms with Gasteiger partial charge < -0.3 is 5.73 Å². The molecule has 0 radical (unpaired) electrons. The molecule has 4 heteroatoms. The smallest absolute Gasteiger partial charge is 0.0406 e. The van der Waals surface area contributed by atoms with Crippen molar-refractivity contribution >= 4 is 27.5 Å². The Kier molecular flexibility index (Phi) is 6.34. The lowest BCUT2D eigenvalue weighted by Gasteiger charge is -2.36. The number of nitrogens with two attached hydrogens (primary N) is 1. The first-order chi connectivity index (χ1) is 11.6. The van der Waals surface area contributed by atoms with Crippen molar-refractivity contribution in [3.63, 3.8) is 0 Å². The van der Waals surface area contributed by atoms with Crippen LogP contribution in [0, 0.1) is 0 Å². The maximum atomic E-state index is 6.10. The summed E-state index contributed by atoms with van der Waals surface area (Å²) in [5.41, 5.74) is 8.75. The molecular formula is C20H24BrClN2. The van der Waals surface area contributed by atoms with Crippen molar-refractivity contribution in [1.82, 2.24) is 4.90 Å². The molecule has 24 heavy (non-hydrogen) atoms. The monoisotopic (exact) mass is 406 g/mol. The second-order valence-electron chi connectivity index (χ2n) is 6.73. The van der Waals surface area contributed by atoms with Crippen LogP contribution >= 0.6 is 27.5 Å². The van der Waals surface area contributed by atoms with E-state index in [4.69, 9.17) is 17.3 Å². The van der Waals surface area contributed by atoms with Gasteiger partial charge in [-0.15, -0.1) is 0 Å². The van der Waals surface area contributed by atoms with E-state index in [2.05, 4.69) is 57.2 Å². The van der Waals surface area contributed by atoms with E-state index in [0.29, 0.717) is 12.1 Å². The SMILES string of the molecule is NC1CCC(N(Cc2ccc(Cl)cc2)Cc2cccc(Br)c2)CC1. The summed E-state index contributed by atoms with van der Waals surface area (Å²) in [6.45, 7) is 1.91. The molecule has 2 N–H and O–H groups in total. The van der Waals surface area contributed by atoms with E-state index in [9.17, 15) is 0 Å². The van der Waals surface area contributed by atoms with Crippen LogP contribution in [-0.2, 0) is 13.1 Å². The Morgan fingerprint density at radius 3 is 2.29 bits per heavy atom. The predicted octanol–water partition coefficient (Wildman–Crippen LogP) is 5.37. The van der Waals surface area contributed by atoms with Crippen molar-refractivity contribution in [2.75, 3.05) is 0 Å². The van der Waals surface area contributed by atoms with Gasteiger partial charge in [-0.25, -0.2) is 0 Å². The zero-order chi connectivity index (χ0) is 16.9. The molecule has 2 nitrogen and oxygen atoms in total. The summed E-state index contributed by atoms with van der Waals surface area (Å²) in [4.78, 5) is 2.59. The highest BCUT2D eigenvalue weighted by Crippen LogP contribution is 2.26. The van der Waals surface area contributed by atoms with Gasteiger partial charge in [0.1, 0.15) is 0 Å². The summed E-state index contributed by atoms with van der Waals surface area (Å²) in [6, 6.07) is 17.8. The number of hydrogen-bond donors (Lipinski definition) is 1. The molecule has 0 saturated heterocycles. The van der Waals surface area contributed by atoms with Crippen LogP contribution in [0.5, 0.6) is 0 Å². The Balaban J connectivity index is 1.76. The molecule has 0 heterocycles. The topological polar surface area (TPSA) is 29.3 Å². The van der Waals surface area contributed by atoms with Crippen LogP contribution in [0.1, 0.15) is 36.8 Å². The lowest BCUT2D eigenvalue weighted by Crippen LogP contribution is -2.40. The molecule has 2 aromatic rings. The van der Waals surface area contributed by atoms with Gasteiger partial charge in [-0.2, -0.15) is 0 Å². The average molecular weight is 408 g/mol. The molecule has 0 spiro atoms. The van der Waals surface area contributed by atoms with Gasteiger partial charge in [0.05, 0.1) is 0 Å². The first kappa shape index (κ1) is 17.9. The minimum atomic E-state index is 0.379. The van der Waals surface area contributed by atoms with E-state index in [0.717, 1.165) is 35.4 Å². The Morgan fingerprint density at radius 1 is 0.958 bits per heavy atom. The van der Waals surface area contributed by atoms with Gasteiger partial charge in [-0.3, -0.25) is 4.90 Å². The summed E-state index contributed by atoms with van der Waals surface area (Å²) < 4.78 is 1.14. The molecule has 0 atom stereocenters. The van der Waals surface area contributed by atoms with Crippen molar-refractivity contribution in [1.29, 1.82) is 0 Å². The van der Waals surface area contributed by atoms with Gasteiger partial charge in [0, 0.05) is 34.7 Å². The van der Waals surface area contributed by atoms with Crippen LogP contribution in [0.4, 0.5) is 0 Å². The molecule has 2 aromatic carbocycles. The number of nitrogens with zero attached hydrogens (tertiary/aromatic N) is 1. The highest BCUT2D eigenvalue weighted by molar-refractivity contribution is 9.10. The van der Waals surface area contributed by atoms with Crippen LogP contribution in [-0.4, -0.2) is 17.0 Å². The Labute approximate surface area is 158 Å². The van der Waals surface area contributed by atoms with Crippen molar-refractivity contribution in [2.45, 2.75) is 50.9 Å². The molecule has 3 rings (SSSR count). The number of benzene rings is 2. The van der Waals surface area contributed by atoms with E-state index in [-0.39, 0.29) is 0 Å². The van der Waals surface area contributed by atoms with Crippen molar-refractivity contribution in [3.05, 3.63) is 69.2 Å². The second kappa shape index (κ2) is 8.48. The summed E-state index contributed by atoms with van der Waals surface area (Å²) in [5, 5.41) is 0.793. The van der Waals surface area contributed by atoms with Gasteiger partial charge in [-0.05, 0) is 61.1 Å². The normalized spacial score (nSPS) is 21.2. The second-order valence-corrected chi connectivity index (χ2v) is 8.08. The third kappa shape index (κ3) is 5.06. The third-order valence-corrected chi connectivity index (χ3v) is 5.58.